The van der Waals surface area contributed by atoms with Crippen LogP contribution in [0, 0.1) is 11.8 Å². The van der Waals surface area contributed by atoms with Crippen molar-refractivity contribution in [3.63, 3.8) is 0 Å². The fraction of sp³-hybridized carbons (Fsp3) is 0.579. The summed E-state index contributed by atoms with van der Waals surface area (Å²) < 4.78 is 11.0. The third-order valence-electron chi connectivity index (χ3n) is 4.57. The number of aliphatic hydroxyl groups is 1. The monoisotopic (exact) mass is 334 g/mol. The molecule has 0 spiro atoms. The Balaban J connectivity index is 2.46. The molecule has 0 aromatic carbocycles. The van der Waals surface area contributed by atoms with Crippen LogP contribution in [0.4, 0.5) is 0 Å². The summed E-state index contributed by atoms with van der Waals surface area (Å²) in [6, 6.07) is 0. The molecule has 2 rings (SSSR count). The Kier molecular flexibility index (Phi) is 5.65. The number of ether oxygens (including phenoxy) is 2. The molecule has 1 fully saturated rings. The average molecular weight is 334 g/mol. The third kappa shape index (κ3) is 3.78. The molecule has 0 aromatic rings. The first kappa shape index (κ1) is 18.5. The summed E-state index contributed by atoms with van der Waals surface area (Å²) in [5, 5.41) is 10.7. The van der Waals surface area contributed by atoms with E-state index in [2.05, 4.69) is 6.58 Å². The van der Waals surface area contributed by atoms with Gasteiger partial charge in [0.2, 0.25) is 0 Å². The van der Waals surface area contributed by atoms with Crippen LogP contribution in [0.1, 0.15) is 40.5 Å². The number of aliphatic hydroxyl groups excluding tert-OH is 1. The molecule has 24 heavy (non-hydrogen) atoms. The molecule has 0 aromatic heterocycles. The van der Waals surface area contributed by atoms with E-state index in [1.54, 1.807) is 20.8 Å². The molecule has 1 aliphatic carbocycles. The van der Waals surface area contributed by atoms with Gasteiger partial charge in [-0.2, -0.15) is 0 Å². The number of carbonyl (C=O) groups excluding carboxylic acids is 2. The van der Waals surface area contributed by atoms with E-state index in [4.69, 9.17) is 9.47 Å². The number of rotatable bonds is 2. The van der Waals surface area contributed by atoms with Crippen molar-refractivity contribution in [3.05, 3.63) is 35.5 Å². The van der Waals surface area contributed by atoms with Crippen LogP contribution in [0.5, 0.6) is 0 Å². The Hall–Kier alpha value is -1.88. The average Bonchev–Trinajstić information content (AvgIpc) is 2.77. The maximum atomic E-state index is 12.1. The van der Waals surface area contributed by atoms with Crippen molar-refractivity contribution in [2.24, 2.45) is 11.8 Å². The summed E-state index contributed by atoms with van der Waals surface area (Å²) in [6.45, 7) is 11.0. The molecule has 5 nitrogen and oxygen atoms in total. The lowest BCUT2D eigenvalue weighted by Crippen LogP contribution is -2.43. The van der Waals surface area contributed by atoms with Gasteiger partial charge in [0.15, 0.2) is 0 Å². The summed E-state index contributed by atoms with van der Waals surface area (Å²) in [5.41, 5.74) is 2.04. The summed E-state index contributed by atoms with van der Waals surface area (Å²) in [4.78, 5) is 24.1. The number of fused-ring (bicyclic) bond motifs is 1. The Bertz CT molecular complexity index is 599. The molecule has 1 aliphatic heterocycles. The van der Waals surface area contributed by atoms with Gasteiger partial charge in [0.05, 0.1) is 11.8 Å². The van der Waals surface area contributed by atoms with E-state index in [-0.39, 0.29) is 11.5 Å². The van der Waals surface area contributed by atoms with Gasteiger partial charge in [-0.25, -0.2) is 4.79 Å². The molecular weight excluding hydrogens is 308 g/mol. The number of allylic oxidation sites excluding steroid dienone is 2. The third-order valence-corrected chi connectivity index (χ3v) is 4.57. The second-order valence-corrected chi connectivity index (χ2v) is 6.92. The first-order valence-corrected chi connectivity index (χ1v) is 8.34. The van der Waals surface area contributed by atoms with E-state index in [9.17, 15) is 14.7 Å². The minimum atomic E-state index is -1.00. The van der Waals surface area contributed by atoms with Crippen molar-refractivity contribution in [2.45, 2.75) is 58.8 Å². The second-order valence-electron chi connectivity index (χ2n) is 6.92. The highest BCUT2D eigenvalue weighted by Gasteiger charge is 2.47. The van der Waals surface area contributed by atoms with E-state index in [0.717, 1.165) is 24.0 Å². The largest absolute Gasteiger partial charge is 0.458 e. The van der Waals surface area contributed by atoms with E-state index in [1.807, 2.05) is 19.1 Å². The molecule has 2 aliphatic rings. The molecule has 4 atom stereocenters. The van der Waals surface area contributed by atoms with E-state index >= 15 is 0 Å². The normalized spacial score (nSPS) is 35.4. The zero-order chi connectivity index (χ0) is 18.0. The number of carbonyl (C=O) groups is 2. The smallest absolute Gasteiger partial charge is 0.334 e. The Morgan fingerprint density at radius 3 is 2.71 bits per heavy atom. The van der Waals surface area contributed by atoms with Gasteiger partial charge in [0, 0.05) is 5.57 Å². The lowest BCUT2D eigenvalue weighted by Gasteiger charge is -2.31. The van der Waals surface area contributed by atoms with Gasteiger partial charge in [-0.1, -0.05) is 32.1 Å². The fourth-order valence-electron chi connectivity index (χ4n) is 3.01. The zero-order valence-electron chi connectivity index (χ0n) is 14.7. The Morgan fingerprint density at radius 1 is 1.42 bits per heavy atom. The minimum absolute atomic E-state index is 0.234. The van der Waals surface area contributed by atoms with Gasteiger partial charge in [-0.05, 0) is 38.3 Å². The van der Waals surface area contributed by atoms with E-state index in [0.29, 0.717) is 0 Å². The van der Waals surface area contributed by atoms with Gasteiger partial charge >= 0.3 is 11.9 Å². The van der Waals surface area contributed by atoms with Gasteiger partial charge in [0.1, 0.15) is 18.3 Å². The molecule has 0 radical (unpaired) electrons. The predicted molar refractivity (Wildman–Crippen MR) is 90.0 cm³/mol. The molecule has 0 bridgehead atoms. The van der Waals surface area contributed by atoms with Gasteiger partial charge < -0.3 is 14.6 Å². The first-order valence-electron chi connectivity index (χ1n) is 8.34. The van der Waals surface area contributed by atoms with E-state index in [1.165, 1.54) is 0 Å². The number of hydrogen-bond donors (Lipinski definition) is 1. The first-order chi connectivity index (χ1) is 11.2. The minimum Gasteiger partial charge on any atom is -0.458 e. The van der Waals surface area contributed by atoms with Crippen LogP contribution >= 0.6 is 0 Å². The Labute approximate surface area is 143 Å². The van der Waals surface area contributed by atoms with Crippen molar-refractivity contribution in [1.82, 2.24) is 0 Å². The highest BCUT2D eigenvalue weighted by molar-refractivity contribution is 5.91. The topological polar surface area (TPSA) is 72.8 Å². The highest BCUT2D eigenvalue weighted by atomic mass is 16.6. The maximum Gasteiger partial charge on any atom is 0.334 e. The van der Waals surface area contributed by atoms with Crippen LogP contribution in [0.2, 0.25) is 0 Å². The van der Waals surface area contributed by atoms with E-state index < -0.39 is 36.2 Å². The molecule has 0 unspecified atom stereocenters. The summed E-state index contributed by atoms with van der Waals surface area (Å²) in [6.07, 6.45) is 2.92. The molecule has 5 heteroatoms. The van der Waals surface area contributed by atoms with Crippen LogP contribution < -0.4 is 0 Å². The summed E-state index contributed by atoms with van der Waals surface area (Å²) in [7, 11) is 0. The molecule has 1 heterocycles. The molecule has 0 saturated carbocycles. The lowest BCUT2D eigenvalue weighted by molar-refractivity contribution is -0.161. The van der Waals surface area contributed by atoms with Crippen LogP contribution in [0.15, 0.2) is 35.5 Å². The lowest BCUT2D eigenvalue weighted by atomic mass is 9.84. The van der Waals surface area contributed by atoms with Crippen LogP contribution in [-0.2, 0) is 19.1 Å². The summed E-state index contributed by atoms with van der Waals surface area (Å²) >= 11 is 0. The van der Waals surface area contributed by atoms with Crippen molar-refractivity contribution < 1.29 is 24.2 Å². The second kappa shape index (κ2) is 7.34. The molecule has 0 amide bonds. The number of hydrogen-bond acceptors (Lipinski definition) is 5. The standard InChI is InChI=1S/C19H26O5/c1-10(2)18(21)24-17-15-13(5)19(22)23-14(15)9-11(3)7-6-8-12(4)16(17)20/h8-10,14-17,20H,5-7H2,1-4H3/b11-9+,12-8+/t14-,15+,16-,17+/m1/s1. The fourth-order valence-corrected chi connectivity index (χ4v) is 3.01. The van der Waals surface area contributed by atoms with Crippen LogP contribution in [0.25, 0.3) is 0 Å². The molecule has 132 valence electrons. The zero-order valence-corrected chi connectivity index (χ0v) is 14.7. The Morgan fingerprint density at radius 2 is 2.08 bits per heavy atom. The number of esters is 2. The van der Waals surface area contributed by atoms with Crippen LogP contribution in [-0.4, -0.2) is 35.4 Å². The molecule has 1 N–H and O–H groups in total. The van der Waals surface area contributed by atoms with Crippen molar-refractivity contribution >= 4 is 11.9 Å². The molecular formula is C19H26O5. The quantitative estimate of drug-likeness (QED) is 0.477. The SMILES string of the molecule is C=C1C(=O)O[C@@H]2/C=C(\C)CC/C=C(\C)[C@@H](O)[C@@H](OC(=O)C(C)C)[C@@H]12. The van der Waals surface area contributed by atoms with Gasteiger partial charge in [-0.3, -0.25) is 4.79 Å². The van der Waals surface area contributed by atoms with Crippen molar-refractivity contribution in [1.29, 1.82) is 0 Å². The predicted octanol–water partition coefficient (Wildman–Crippen LogP) is 2.70. The van der Waals surface area contributed by atoms with Gasteiger partial charge in [-0.15, -0.1) is 0 Å². The van der Waals surface area contributed by atoms with Crippen molar-refractivity contribution in [2.75, 3.05) is 0 Å². The highest BCUT2D eigenvalue weighted by Crippen LogP contribution is 2.36. The van der Waals surface area contributed by atoms with Gasteiger partial charge in [0.25, 0.3) is 0 Å². The molecule has 1 saturated heterocycles. The summed E-state index contributed by atoms with van der Waals surface area (Å²) in [5.74, 6) is -1.85. The van der Waals surface area contributed by atoms with Crippen LogP contribution in [0.3, 0.4) is 0 Å². The van der Waals surface area contributed by atoms with Crippen molar-refractivity contribution in [3.8, 4) is 0 Å². The maximum absolute atomic E-state index is 12.1.